The number of ether oxygens (including phenoxy) is 1. The monoisotopic (exact) mass is 216 g/mol. The molecular formula is C10H24N4O. The van der Waals surface area contributed by atoms with E-state index >= 15 is 0 Å². The van der Waals surface area contributed by atoms with Crippen LogP contribution in [0.15, 0.2) is 4.99 Å². The number of nitrogens with zero attached hydrogens (tertiary/aromatic N) is 2. The lowest BCUT2D eigenvalue weighted by Gasteiger charge is -2.20. The van der Waals surface area contributed by atoms with E-state index in [-0.39, 0.29) is 0 Å². The third kappa shape index (κ3) is 7.16. The van der Waals surface area contributed by atoms with Crippen molar-refractivity contribution < 1.29 is 4.74 Å². The van der Waals surface area contributed by atoms with Gasteiger partial charge in [-0.1, -0.05) is 13.8 Å². The Morgan fingerprint density at radius 2 is 2.20 bits per heavy atom. The number of nitrogens with two attached hydrogens (primary N) is 1. The molecule has 0 amide bonds. The van der Waals surface area contributed by atoms with Gasteiger partial charge >= 0.3 is 0 Å². The number of hydrogen-bond acceptors (Lipinski definition) is 3. The highest BCUT2D eigenvalue weighted by atomic mass is 16.5. The number of hydrazine groups is 1. The summed E-state index contributed by atoms with van der Waals surface area (Å²) in [6.07, 6.45) is 0. The van der Waals surface area contributed by atoms with Gasteiger partial charge in [-0.2, -0.15) is 0 Å². The largest absolute Gasteiger partial charge is 0.380 e. The maximum absolute atomic E-state index is 5.40. The third-order valence-corrected chi connectivity index (χ3v) is 1.87. The minimum absolute atomic E-state index is 0.536. The van der Waals surface area contributed by atoms with Crippen LogP contribution in [0.1, 0.15) is 20.8 Å². The second kappa shape index (κ2) is 8.49. The summed E-state index contributed by atoms with van der Waals surface area (Å²) >= 11 is 0. The van der Waals surface area contributed by atoms with Crippen LogP contribution >= 0.6 is 0 Å². The molecule has 0 unspecified atom stereocenters. The Morgan fingerprint density at radius 1 is 1.53 bits per heavy atom. The van der Waals surface area contributed by atoms with Crippen LogP contribution in [0.2, 0.25) is 0 Å². The Hall–Kier alpha value is -0.810. The lowest BCUT2D eigenvalue weighted by molar-refractivity contribution is 0.136. The van der Waals surface area contributed by atoms with Gasteiger partial charge in [0.05, 0.1) is 6.61 Å². The number of hydrogen-bond donors (Lipinski definition) is 2. The number of rotatable bonds is 6. The third-order valence-electron chi connectivity index (χ3n) is 1.87. The van der Waals surface area contributed by atoms with E-state index in [1.54, 1.807) is 0 Å². The lowest BCUT2D eigenvalue weighted by atomic mass is 10.2. The first-order chi connectivity index (χ1) is 7.11. The molecule has 0 aromatic carbocycles. The molecule has 5 nitrogen and oxygen atoms in total. The van der Waals surface area contributed by atoms with Gasteiger partial charge in [-0.05, 0) is 12.8 Å². The van der Waals surface area contributed by atoms with E-state index in [1.807, 2.05) is 18.9 Å². The zero-order valence-electron chi connectivity index (χ0n) is 10.3. The van der Waals surface area contributed by atoms with Crippen molar-refractivity contribution in [2.75, 3.05) is 33.4 Å². The standard InChI is InChI=1S/C10H24N4O/c1-5-15-7-6-14(4)10(13-11)12-8-9(2)3/h9H,5-8,11H2,1-4H3,(H,12,13). The number of guanidine groups is 1. The molecule has 5 heteroatoms. The van der Waals surface area contributed by atoms with Crippen molar-refractivity contribution in [2.24, 2.45) is 16.8 Å². The van der Waals surface area contributed by atoms with Crippen LogP contribution in [0.5, 0.6) is 0 Å². The van der Waals surface area contributed by atoms with Crippen molar-refractivity contribution in [1.82, 2.24) is 10.3 Å². The maximum atomic E-state index is 5.40. The molecule has 0 rings (SSSR count). The number of likely N-dealkylation sites (N-methyl/N-ethyl adjacent to an activating group) is 1. The molecule has 0 aliphatic heterocycles. The van der Waals surface area contributed by atoms with Crippen LogP contribution < -0.4 is 11.3 Å². The smallest absolute Gasteiger partial charge is 0.208 e. The van der Waals surface area contributed by atoms with Crippen molar-refractivity contribution in [2.45, 2.75) is 20.8 Å². The minimum atomic E-state index is 0.536. The summed E-state index contributed by atoms with van der Waals surface area (Å²) in [6, 6.07) is 0. The molecule has 0 saturated heterocycles. The summed E-state index contributed by atoms with van der Waals surface area (Å²) in [6.45, 7) is 9.22. The molecule has 0 atom stereocenters. The van der Waals surface area contributed by atoms with Gasteiger partial charge in [0.2, 0.25) is 5.96 Å². The molecule has 0 radical (unpaired) electrons. The molecular weight excluding hydrogens is 192 g/mol. The van der Waals surface area contributed by atoms with Crippen molar-refractivity contribution in [3.63, 3.8) is 0 Å². The van der Waals surface area contributed by atoms with Gasteiger partial charge in [-0.3, -0.25) is 10.4 Å². The molecule has 15 heavy (non-hydrogen) atoms. The molecule has 90 valence electrons. The van der Waals surface area contributed by atoms with Gasteiger partial charge in [0.25, 0.3) is 0 Å². The first-order valence-corrected chi connectivity index (χ1v) is 5.41. The van der Waals surface area contributed by atoms with E-state index in [4.69, 9.17) is 10.6 Å². The molecule has 0 aliphatic carbocycles. The fourth-order valence-electron chi connectivity index (χ4n) is 0.997. The molecule has 0 saturated carbocycles. The van der Waals surface area contributed by atoms with Crippen LogP contribution in [0.25, 0.3) is 0 Å². The first-order valence-electron chi connectivity index (χ1n) is 5.41. The highest BCUT2D eigenvalue weighted by Crippen LogP contribution is 1.93. The average Bonchev–Trinajstić information content (AvgIpc) is 2.18. The quantitative estimate of drug-likeness (QED) is 0.222. The van der Waals surface area contributed by atoms with Crippen molar-refractivity contribution in [1.29, 1.82) is 0 Å². The minimum Gasteiger partial charge on any atom is -0.380 e. The molecule has 0 spiro atoms. The zero-order valence-corrected chi connectivity index (χ0v) is 10.3. The second-order valence-corrected chi connectivity index (χ2v) is 3.82. The predicted octanol–water partition coefficient (Wildman–Crippen LogP) is 0.430. The van der Waals surface area contributed by atoms with E-state index in [2.05, 4.69) is 24.3 Å². The fraction of sp³-hybridized carbons (Fsp3) is 0.900. The van der Waals surface area contributed by atoms with Gasteiger partial charge in [0.1, 0.15) is 0 Å². The van der Waals surface area contributed by atoms with Crippen LogP contribution in [-0.2, 0) is 4.74 Å². The Morgan fingerprint density at radius 3 is 2.67 bits per heavy atom. The van der Waals surface area contributed by atoms with Crippen LogP contribution in [0, 0.1) is 5.92 Å². The summed E-state index contributed by atoms with van der Waals surface area (Å²) in [5.74, 6) is 6.65. The van der Waals surface area contributed by atoms with Crippen molar-refractivity contribution >= 4 is 5.96 Å². The molecule has 0 aromatic heterocycles. The molecule has 0 aromatic rings. The van der Waals surface area contributed by atoms with E-state index in [0.29, 0.717) is 18.5 Å². The summed E-state index contributed by atoms with van der Waals surface area (Å²) < 4.78 is 5.26. The number of aliphatic imine (C=N–C) groups is 1. The highest BCUT2D eigenvalue weighted by Gasteiger charge is 2.04. The SMILES string of the molecule is CCOCCN(C)C(=NCC(C)C)NN. The Balaban J connectivity index is 3.97. The fourth-order valence-corrected chi connectivity index (χ4v) is 0.997. The van der Waals surface area contributed by atoms with E-state index < -0.39 is 0 Å². The lowest BCUT2D eigenvalue weighted by Crippen LogP contribution is -2.44. The van der Waals surface area contributed by atoms with Crippen molar-refractivity contribution in [3.05, 3.63) is 0 Å². The maximum Gasteiger partial charge on any atom is 0.208 e. The molecule has 0 heterocycles. The van der Waals surface area contributed by atoms with E-state index in [1.165, 1.54) is 0 Å². The Bertz CT molecular complexity index is 182. The van der Waals surface area contributed by atoms with Crippen LogP contribution in [-0.4, -0.2) is 44.2 Å². The first kappa shape index (κ1) is 14.2. The van der Waals surface area contributed by atoms with Gasteiger partial charge < -0.3 is 9.64 Å². The summed E-state index contributed by atoms with van der Waals surface area (Å²) in [7, 11) is 1.94. The van der Waals surface area contributed by atoms with Gasteiger partial charge in [-0.25, -0.2) is 5.84 Å². The highest BCUT2D eigenvalue weighted by molar-refractivity contribution is 5.79. The average molecular weight is 216 g/mol. The summed E-state index contributed by atoms with van der Waals surface area (Å²) in [5, 5.41) is 0. The molecule has 0 bridgehead atoms. The summed E-state index contributed by atoms with van der Waals surface area (Å²) in [5.41, 5.74) is 2.60. The van der Waals surface area contributed by atoms with Gasteiger partial charge in [0.15, 0.2) is 0 Å². The summed E-state index contributed by atoms with van der Waals surface area (Å²) in [4.78, 5) is 6.33. The predicted molar refractivity (Wildman–Crippen MR) is 63.6 cm³/mol. The molecule has 0 aliphatic rings. The van der Waals surface area contributed by atoms with Crippen molar-refractivity contribution in [3.8, 4) is 0 Å². The second-order valence-electron chi connectivity index (χ2n) is 3.82. The van der Waals surface area contributed by atoms with E-state index in [0.717, 1.165) is 19.7 Å². The Kier molecular flexibility index (Phi) is 8.04. The Labute approximate surface area is 92.7 Å². The van der Waals surface area contributed by atoms with Crippen LogP contribution in [0.4, 0.5) is 0 Å². The van der Waals surface area contributed by atoms with Gasteiger partial charge in [0, 0.05) is 26.7 Å². The van der Waals surface area contributed by atoms with E-state index in [9.17, 15) is 0 Å². The molecule has 3 N–H and O–H groups in total. The molecule has 0 fully saturated rings. The normalized spacial score (nSPS) is 12.0. The number of nitrogens with one attached hydrogen (secondary N) is 1. The van der Waals surface area contributed by atoms with Crippen LogP contribution in [0.3, 0.4) is 0 Å². The van der Waals surface area contributed by atoms with Gasteiger partial charge in [-0.15, -0.1) is 0 Å². The topological polar surface area (TPSA) is 62.9 Å². The zero-order chi connectivity index (χ0) is 11.7.